The summed E-state index contributed by atoms with van der Waals surface area (Å²) in [5, 5.41) is 4.34. The minimum atomic E-state index is -0.236. The molecule has 0 fully saturated rings. The molecule has 0 amide bonds. The number of halogens is 1. The number of rotatable bonds is 4. The Morgan fingerprint density at radius 3 is 2.58 bits per heavy atom. The highest BCUT2D eigenvalue weighted by atomic mass is 32.1. The SMILES string of the molecule is C=CCn1c(-c2ccc(F)cc2)csc1=Nc1cccc2ccccc12. The fourth-order valence-corrected chi connectivity index (χ4v) is 3.92. The van der Waals surface area contributed by atoms with E-state index in [0.717, 1.165) is 27.1 Å². The summed E-state index contributed by atoms with van der Waals surface area (Å²) in [6.45, 7) is 4.50. The molecular formula is C22H17FN2S. The molecule has 0 saturated carbocycles. The number of hydrogen-bond donors (Lipinski definition) is 0. The van der Waals surface area contributed by atoms with Gasteiger partial charge in [-0.3, -0.25) is 0 Å². The summed E-state index contributed by atoms with van der Waals surface area (Å²) in [4.78, 5) is 5.80. The van der Waals surface area contributed by atoms with Gasteiger partial charge in [0.2, 0.25) is 0 Å². The van der Waals surface area contributed by atoms with Crippen molar-refractivity contribution in [2.75, 3.05) is 0 Å². The third-order valence-corrected chi connectivity index (χ3v) is 5.10. The highest BCUT2D eigenvalue weighted by molar-refractivity contribution is 7.07. The first-order valence-electron chi connectivity index (χ1n) is 8.34. The highest BCUT2D eigenvalue weighted by Crippen LogP contribution is 2.26. The molecule has 1 heterocycles. The molecule has 4 aromatic rings. The Balaban J connectivity index is 1.90. The monoisotopic (exact) mass is 360 g/mol. The van der Waals surface area contributed by atoms with E-state index in [1.165, 1.54) is 17.5 Å². The zero-order valence-corrected chi connectivity index (χ0v) is 14.9. The van der Waals surface area contributed by atoms with Crippen LogP contribution in [-0.4, -0.2) is 4.57 Å². The van der Waals surface area contributed by atoms with Crippen LogP contribution in [0.2, 0.25) is 0 Å². The molecule has 4 heteroatoms. The molecule has 0 atom stereocenters. The lowest BCUT2D eigenvalue weighted by Crippen LogP contribution is -2.14. The summed E-state index contributed by atoms with van der Waals surface area (Å²) in [6.07, 6.45) is 1.85. The molecule has 2 nitrogen and oxygen atoms in total. The Hall–Kier alpha value is -2.98. The summed E-state index contributed by atoms with van der Waals surface area (Å²) < 4.78 is 15.4. The van der Waals surface area contributed by atoms with Crippen LogP contribution in [0.3, 0.4) is 0 Å². The maximum atomic E-state index is 13.3. The lowest BCUT2D eigenvalue weighted by molar-refractivity contribution is 0.628. The van der Waals surface area contributed by atoms with Crippen LogP contribution in [-0.2, 0) is 6.54 Å². The lowest BCUT2D eigenvalue weighted by Gasteiger charge is -2.07. The van der Waals surface area contributed by atoms with Crippen molar-refractivity contribution in [2.24, 2.45) is 4.99 Å². The maximum absolute atomic E-state index is 13.3. The average molecular weight is 360 g/mol. The summed E-state index contributed by atoms with van der Waals surface area (Å²) in [6, 6.07) is 20.9. The average Bonchev–Trinajstić information content (AvgIpc) is 3.06. The topological polar surface area (TPSA) is 17.3 Å². The van der Waals surface area contributed by atoms with Crippen LogP contribution >= 0.6 is 11.3 Å². The Bertz CT molecular complexity index is 1130. The second-order valence-electron chi connectivity index (χ2n) is 5.92. The van der Waals surface area contributed by atoms with E-state index in [1.807, 2.05) is 30.3 Å². The zero-order chi connectivity index (χ0) is 17.9. The van der Waals surface area contributed by atoms with Gasteiger partial charge in [-0.2, -0.15) is 0 Å². The predicted octanol–water partition coefficient (Wildman–Crippen LogP) is 5.93. The van der Waals surface area contributed by atoms with Gasteiger partial charge in [0.1, 0.15) is 5.82 Å². The molecule has 26 heavy (non-hydrogen) atoms. The predicted molar refractivity (Wildman–Crippen MR) is 107 cm³/mol. The number of aromatic nitrogens is 1. The van der Waals surface area contributed by atoms with E-state index < -0.39 is 0 Å². The van der Waals surface area contributed by atoms with Crippen molar-refractivity contribution >= 4 is 27.8 Å². The molecule has 128 valence electrons. The van der Waals surface area contributed by atoms with E-state index >= 15 is 0 Å². The number of thiazole rings is 1. The molecule has 0 spiro atoms. The van der Waals surface area contributed by atoms with Crippen LogP contribution in [0.1, 0.15) is 0 Å². The second kappa shape index (κ2) is 7.10. The van der Waals surface area contributed by atoms with Crippen molar-refractivity contribution in [1.29, 1.82) is 0 Å². The fraction of sp³-hybridized carbons (Fsp3) is 0.0455. The first kappa shape index (κ1) is 16.5. The minimum absolute atomic E-state index is 0.236. The van der Waals surface area contributed by atoms with Gasteiger partial charge >= 0.3 is 0 Å². The lowest BCUT2D eigenvalue weighted by atomic mass is 10.1. The molecule has 0 saturated heterocycles. The molecule has 0 radical (unpaired) electrons. The number of hydrogen-bond acceptors (Lipinski definition) is 2. The van der Waals surface area contributed by atoms with Crippen molar-refractivity contribution < 1.29 is 4.39 Å². The molecule has 0 aliphatic heterocycles. The molecule has 0 N–H and O–H groups in total. The van der Waals surface area contributed by atoms with Gasteiger partial charge in [-0.1, -0.05) is 42.5 Å². The van der Waals surface area contributed by atoms with Gasteiger partial charge in [-0.25, -0.2) is 9.38 Å². The summed E-state index contributed by atoms with van der Waals surface area (Å²) in [7, 11) is 0. The van der Waals surface area contributed by atoms with Gasteiger partial charge in [0.25, 0.3) is 0 Å². The van der Waals surface area contributed by atoms with Crippen LogP contribution < -0.4 is 4.80 Å². The number of nitrogens with zero attached hydrogens (tertiary/aromatic N) is 2. The van der Waals surface area contributed by atoms with Crippen molar-refractivity contribution in [3.63, 3.8) is 0 Å². The fourth-order valence-electron chi connectivity index (χ4n) is 2.98. The molecule has 0 aliphatic carbocycles. The minimum Gasteiger partial charge on any atom is -0.313 e. The highest BCUT2D eigenvalue weighted by Gasteiger charge is 2.08. The van der Waals surface area contributed by atoms with Crippen molar-refractivity contribution in [3.8, 4) is 11.3 Å². The maximum Gasteiger partial charge on any atom is 0.190 e. The molecule has 3 aromatic carbocycles. The van der Waals surface area contributed by atoms with Crippen molar-refractivity contribution in [1.82, 2.24) is 4.57 Å². The van der Waals surface area contributed by atoms with E-state index in [4.69, 9.17) is 4.99 Å². The number of benzene rings is 3. The van der Waals surface area contributed by atoms with Crippen LogP contribution in [0.4, 0.5) is 10.1 Å². The van der Waals surface area contributed by atoms with E-state index in [1.54, 1.807) is 23.5 Å². The second-order valence-corrected chi connectivity index (χ2v) is 6.76. The van der Waals surface area contributed by atoms with Crippen LogP contribution in [0, 0.1) is 5.82 Å². The van der Waals surface area contributed by atoms with Gasteiger partial charge in [0, 0.05) is 17.3 Å². The van der Waals surface area contributed by atoms with Crippen LogP contribution in [0.25, 0.3) is 22.0 Å². The molecule has 0 bridgehead atoms. The van der Waals surface area contributed by atoms with Gasteiger partial charge < -0.3 is 4.57 Å². The quantitative estimate of drug-likeness (QED) is 0.402. The Kier molecular flexibility index (Phi) is 4.50. The molecular weight excluding hydrogens is 343 g/mol. The van der Waals surface area contributed by atoms with Gasteiger partial charge in [-0.15, -0.1) is 17.9 Å². The van der Waals surface area contributed by atoms with Crippen molar-refractivity contribution in [3.05, 3.63) is 95.4 Å². The third kappa shape index (κ3) is 3.11. The third-order valence-electron chi connectivity index (χ3n) is 4.23. The van der Waals surface area contributed by atoms with E-state index in [0.29, 0.717) is 6.54 Å². The Morgan fingerprint density at radius 1 is 1.00 bits per heavy atom. The summed E-state index contributed by atoms with van der Waals surface area (Å²) in [5.74, 6) is -0.236. The molecule has 0 unspecified atom stereocenters. The zero-order valence-electron chi connectivity index (χ0n) is 14.1. The van der Waals surface area contributed by atoms with Gasteiger partial charge in [-0.05, 0) is 41.3 Å². The van der Waals surface area contributed by atoms with Gasteiger partial charge in [0.15, 0.2) is 4.80 Å². The normalized spacial score (nSPS) is 11.8. The molecule has 0 aliphatic rings. The summed E-state index contributed by atoms with van der Waals surface area (Å²) in [5.41, 5.74) is 2.91. The smallest absolute Gasteiger partial charge is 0.190 e. The van der Waals surface area contributed by atoms with Crippen LogP contribution in [0.15, 0.2) is 89.8 Å². The first-order chi connectivity index (χ1) is 12.8. The van der Waals surface area contributed by atoms with Crippen LogP contribution in [0.5, 0.6) is 0 Å². The van der Waals surface area contributed by atoms with E-state index in [9.17, 15) is 4.39 Å². The number of allylic oxidation sites excluding steroid dienone is 1. The largest absolute Gasteiger partial charge is 0.313 e. The Labute approximate surface area is 155 Å². The first-order valence-corrected chi connectivity index (χ1v) is 9.22. The molecule has 4 rings (SSSR count). The Morgan fingerprint density at radius 2 is 1.77 bits per heavy atom. The molecule has 1 aromatic heterocycles. The van der Waals surface area contributed by atoms with E-state index in [-0.39, 0.29) is 5.82 Å². The van der Waals surface area contributed by atoms with Crippen molar-refractivity contribution in [2.45, 2.75) is 6.54 Å². The summed E-state index contributed by atoms with van der Waals surface area (Å²) >= 11 is 1.57. The standard InChI is InChI=1S/C22H17FN2S/c1-2-14-25-21(17-10-12-18(23)13-11-17)15-26-22(25)24-20-9-5-7-16-6-3-4-8-19(16)20/h2-13,15H,1,14H2. The van der Waals surface area contributed by atoms with Gasteiger partial charge in [0.05, 0.1) is 11.4 Å². The number of fused-ring (bicyclic) bond motifs is 1. The van der Waals surface area contributed by atoms with E-state index in [2.05, 4.69) is 34.7 Å².